The van der Waals surface area contributed by atoms with Crippen molar-refractivity contribution in [3.63, 3.8) is 0 Å². The van der Waals surface area contributed by atoms with Crippen molar-refractivity contribution in [2.24, 2.45) is 0 Å². The second-order valence-electron chi connectivity index (χ2n) is 5.13. The zero-order valence-electron chi connectivity index (χ0n) is 11.3. The number of nitrogens with one attached hydrogen (secondary N) is 1. The fourth-order valence-electron chi connectivity index (χ4n) is 2.34. The Kier molecular flexibility index (Phi) is 3.14. The molecule has 1 N–H and O–H groups in total. The third-order valence-corrected chi connectivity index (χ3v) is 4.09. The van der Waals surface area contributed by atoms with Gasteiger partial charge in [0.15, 0.2) is 5.82 Å². The van der Waals surface area contributed by atoms with Gasteiger partial charge in [0.05, 0.1) is 10.2 Å². The van der Waals surface area contributed by atoms with E-state index in [1.54, 1.807) is 11.3 Å². The summed E-state index contributed by atoms with van der Waals surface area (Å²) in [4.78, 5) is 11.5. The van der Waals surface area contributed by atoms with Crippen molar-refractivity contribution in [2.45, 2.75) is 32.7 Å². The van der Waals surface area contributed by atoms with Crippen molar-refractivity contribution < 1.29 is 0 Å². The average molecular weight is 274 g/mol. The Labute approximate surface area is 117 Å². The van der Waals surface area contributed by atoms with Gasteiger partial charge in [-0.3, -0.25) is 0 Å². The van der Waals surface area contributed by atoms with Gasteiger partial charge in [0, 0.05) is 18.3 Å². The maximum Gasteiger partial charge on any atom is 0.225 e. The Morgan fingerprint density at radius 3 is 2.95 bits per heavy atom. The SMILES string of the molecule is C=C1CCCN1c1nc(NC(C)C)nc2ccsc12. The Bertz CT molecular complexity index is 617. The molecule has 0 aliphatic carbocycles. The van der Waals surface area contributed by atoms with Crippen molar-refractivity contribution in [1.29, 1.82) is 0 Å². The van der Waals surface area contributed by atoms with Gasteiger partial charge < -0.3 is 10.2 Å². The van der Waals surface area contributed by atoms with Crippen molar-refractivity contribution in [2.75, 3.05) is 16.8 Å². The maximum atomic E-state index is 4.70. The highest BCUT2D eigenvalue weighted by molar-refractivity contribution is 7.17. The summed E-state index contributed by atoms with van der Waals surface area (Å²) in [5.41, 5.74) is 2.17. The summed E-state index contributed by atoms with van der Waals surface area (Å²) in [6.07, 6.45) is 2.21. The Hall–Kier alpha value is -1.62. The van der Waals surface area contributed by atoms with Crippen LogP contribution in [0.3, 0.4) is 0 Å². The first-order valence-corrected chi connectivity index (χ1v) is 7.50. The summed E-state index contributed by atoms with van der Waals surface area (Å²) in [5.74, 6) is 1.71. The Balaban J connectivity index is 2.10. The third-order valence-electron chi connectivity index (χ3n) is 3.19. The van der Waals surface area contributed by atoms with Gasteiger partial charge in [-0.25, -0.2) is 4.98 Å². The standard InChI is InChI=1S/C14H18N4S/c1-9(2)15-14-16-11-6-8-19-12(11)13(17-14)18-7-4-5-10(18)3/h6,8-9H,3-5,7H2,1-2H3,(H,15,16,17). The monoisotopic (exact) mass is 274 g/mol. The summed E-state index contributed by atoms with van der Waals surface area (Å²) in [5, 5.41) is 5.36. The van der Waals surface area contributed by atoms with Crippen molar-refractivity contribution in [1.82, 2.24) is 9.97 Å². The first-order valence-electron chi connectivity index (χ1n) is 6.62. The molecule has 1 aliphatic heterocycles. The molecule has 0 radical (unpaired) electrons. The first-order chi connectivity index (χ1) is 9.15. The van der Waals surface area contributed by atoms with Crippen LogP contribution in [-0.4, -0.2) is 22.6 Å². The van der Waals surface area contributed by atoms with Crippen LogP contribution in [0.5, 0.6) is 0 Å². The first kappa shape index (κ1) is 12.4. The zero-order chi connectivity index (χ0) is 13.4. The van der Waals surface area contributed by atoms with Gasteiger partial charge in [-0.2, -0.15) is 4.98 Å². The molecule has 1 aliphatic rings. The number of hydrogen-bond donors (Lipinski definition) is 1. The van der Waals surface area contributed by atoms with Gasteiger partial charge in [0.25, 0.3) is 0 Å². The summed E-state index contributed by atoms with van der Waals surface area (Å²) in [7, 11) is 0. The molecule has 2 aromatic heterocycles. The molecule has 0 spiro atoms. The van der Waals surface area contributed by atoms with Gasteiger partial charge in [0.1, 0.15) is 0 Å². The molecular formula is C14H18N4S. The quantitative estimate of drug-likeness (QED) is 0.928. The van der Waals surface area contributed by atoms with Crippen LogP contribution in [-0.2, 0) is 0 Å². The molecule has 0 bridgehead atoms. The van der Waals surface area contributed by atoms with Crippen LogP contribution in [0.25, 0.3) is 10.2 Å². The average Bonchev–Trinajstić information content (AvgIpc) is 2.95. The van der Waals surface area contributed by atoms with Crippen molar-refractivity contribution in [3.05, 3.63) is 23.7 Å². The molecule has 19 heavy (non-hydrogen) atoms. The van der Waals surface area contributed by atoms with Crippen LogP contribution in [0.4, 0.5) is 11.8 Å². The molecule has 100 valence electrons. The van der Waals surface area contributed by atoms with Gasteiger partial charge >= 0.3 is 0 Å². The van der Waals surface area contributed by atoms with Crippen LogP contribution in [0, 0.1) is 0 Å². The van der Waals surface area contributed by atoms with E-state index in [0.717, 1.165) is 41.1 Å². The van der Waals surface area contributed by atoms with Crippen LogP contribution in [0.1, 0.15) is 26.7 Å². The number of nitrogens with zero attached hydrogens (tertiary/aromatic N) is 3. The van der Waals surface area contributed by atoms with E-state index >= 15 is 0 Å². The highest BCUT2D eigenvalue weighted by Gasteiger charge is 2.22. The number of fused-ring (bicyclic) bond motifs is 1. The minimum atomic E-state index is 0.325. The molecule has 0 amide bonds. The largest absolute Gasteiger partial charge is 0.352 e. The highest BCUT2D eigenvalue weighted by Crippen LogP contribution is 2.34. The van der Waals surface area contributed by atoms with Crippen LogP contribution < -0.4 is 10.2 Å². The van der Waals surface area contributed by atoms with E-state index in [1.807, 2.05) is 0 Å². The predicted octanol–water partition coefficient (Wildman–Crippen LogP) is 3.63. The molecule has 1 saturated heterocycles. The minimum Gasteiger partial charge on any atom is -0.352 e. The van der Waals surface area contributed by atoms with E-state index in [-0.39, 0.29) is 0 Å². The third kappa shape index (κ3) is 2.30. The molecule has 0 saturated carbocycles. The second-order valence-corrected chi connectivity index (χ2v) is 6.04. The van der Waals surface area contributed by atoms with Gasteiger partial charge in [-0.05, 0) is 38.1 Å². The maximum absolute atomic E-state index is 4.70. The fraction of sp³-hybridized carbons (Fsp3) is 0.429. The molecule has 2 aromatic rings. The van der Waals surface area contributed by atoms with E-state index in [9.17, 15) is 0 Å². The van der Waals surface area contributed by atoms with Gasteiger partial charge in [0.2, 0.25) is 5.95 Å². The highest BCUT2D eigenvalue weighted by atomic mass is 32.1. The topological polar surface area (TPSA) is 41.1 Å². The predicted molar refractivity (Wildman–Crippen MR) is 81.9 cm³/mol. The normalized spacial score (nSPS) is 15.7. The van der Waals surface area contributed by atoms with Crippen molar-refractivity contribution in [3.8, 4) is 0 Å². The summed E-state index contributed by atoms with van der Waals surface area (Å²) < 4.78 is 1.15. The molecule has 3 heterocycles. The number of anilines is 2. The number of rotatable bonds is 3. The van der Waals surface area contributed by atoms with Gasteiger partial charge in [-0.15, -0.1) is 11.3 Å². The van der Waals surface area contributed by atoms with Gasteiger partial charge in [-0.1, -0.05) is 6.58 Å². The van der Waals surface area contributed by atoms with E-state index < -0.39 is 0 Å². The lowest BCUT2D eigenvalue weighted by Crippen LogP contribution is -2.19. The second kappa shape index (κ2) is 4.81. The van der Waals surface area contributed by atoms with E-state index in [1.165, 1.54) is 0 Å². The molecular weight excluding hydrogens is 256 g/mol. The van der Waals surface area contributed by atoms with Crippen molar-refractivity contribution >= 4 is 33.3 Å². The number of hydrogen-bond acceptors (Lipinski definition) is 5. The summed E-state index contributed by atoms with van der Waals surface area (Å²) in [6, 6.07) is 2.38. The Morgan fingerprint density at radius 1 is 1.42 bits per heavy atom. The summed E-state index contributed by atoms with van der Waals surface area (Å²) in [6.45, 7) is 9.33. The lowest BCUT2D eigenvalue weighted by atomic mass is 10.3. The molecule has 3 rings (SSSR count). The molecule has 5 heteroatoms. The molecule has 0 atom stereocenters. The van der Waals surface area contributed by atoms with Crippen LogP contribution >= 0.6 is 11.3 Å². The fourth-order valence-corrected chi connectivity index (χ4v) is 3.17. The van der Waals surface area contributed by atoms with E-state index in [4.69, 9.17) is 4.98 Å². The smallest absolute Gasteiger partial charge is 0.225 e. The number of thiophene rings is 1. The number of aromatic nitrogens is 2. The number of allylic oxidation sites excluding steroid dienone is 1. The lowest BCUT2D eigenvalue weighted by molar-refractivity contribution is 0.873. The molecule has 0 unspecified atom stereocenters. The Morgan fingerprint density at radius 2 is 2.26 bits per heavy atom. The minimum absolute atomic E-state index is 0.325. The van der Waals surface area contributed by atoms with Crippen LogP contribution in [0.15, 0.2) is 23.7 Å². The molecule has 0 aromatic carbocycles. The van der Waals surface area contributed by atoms with E-state index in [2.05, 4.69) is 47.1 Å². The lowest BCUT2D eigenvalue weighted by Gasteiger charge is -2.20. The molecule has 1 fully saturated rings. The van der Waals surface area contributed by atoms with E-state index in [0.29, 0.717) is 12.0 Å². The molecule has 4 nitrogen and oxygen atoms in total. The van der Waals surface area contributed by atoms with Crippen LogP contribution in [0.2, 0.25) is 0 Å². The summed E-state index contributed by atoms with van der Waals surface area (Å²) >= 11 is 1.69. The zero-order valence-corrected chi connectivity index (χ0v) is 12.1.